The van der Waals surface area contributed by atoms with E-state index < -0.39 is 0 Å². The normalized spacial score (nSPS) is 13.3. The van der Waals surface area contributed by atoms with Crippen molar-refractivity contribution in [3.63, 3.8) is 0 Å². The van der Waals surface area contributed by atoms with Crippen molar-refractivity contribution in [2.45, 2.75) is 33.1 Å². The summed E-state index contributed by atoms with van der Waals surface area (Å²) in [6.07, 6.45) is 6.24. The molecule has 0 aliphatic heterocycles. The van der Waals surface area contributed by atoms with Crippen LogP contribution in [-0.4, -0.2) is 9.97 Å². The number of rotatable bonds is 7. The van der Waals surface area contributed by atoms with Gasteiger partial charge in [-0.25, -0.2) is 9.97 Å². The Morgan fingerprint density at radius 1 is 0.473 bits per heavy atom. The van der Waals surface area contributed by atoms with Gasteiger partial charge >= 0.3 is 0 Å². The van der Waals surface area contributed by atoms with Crippen LogP contribution in [-0.2, 0) is 5.41 Å². The summed E-state index contributed by atoms with van der Waals surface area (Å²) in [6, 6.07) is 59.3. The van der Waals surface area contributed by atoms with E-state index in [0.29, 0.717) is 5.82 Å². The van der Waals surface area contributed by atoms with Gasteiger partial charge in [-0.2, -0.15) is 0 Å². The van der Waals surface area contributed by atoms with Gasteiger partial charge in [0, 0.05) is 16.5 Å². The Morgan fingerprint density at radius 2 is 1.09 bits per heavy atom. The molecule has 0 atom stereocenters. The molecule has 55 heavy (non-hydrogen) atoms. The van der Waals surface area contributed by atoms with Gasteiger partial charge in [-0.1, -0.05) is 172 Å². The highest BCUT2D eigenvalue weighted by molar-refractivity contribution is 5.99. The minimum Gasteiger partial charge on any atom is -0.228 e. The van der Waals surface area contributed by atoms with Gasteiger partial charge in [-0.05, 0) is 110 Å². The maximum Gasteiger partial charge on any atom is 0.160 e. The number of hydrogen-bond acceptors (Lipinski definition) is 2. The number of nitrogens with zero attached hydrogens (tertiary/aromatic N) is 2. The Morgan fingerprint density at radius 3 is 1.87 bits per heavy atom. The average Bonchev–Trinajstić information content (AvgIpc) is 3.48. The van der Waals surface area contributed by atoms with Gasteiger partial charge in [0.15, 0.2) is 5.82 Å². The topological polar surface area (TPSA) is 25.8 Å². The van der Waals surface area contributed by atoms with Crippen LogP contribution in [0.4, 0.5) is 0 Å². The molecule has 9 rings (SSSR count). The van der Waals surface area contributed by atoms with E-state index in [1.165, 1.54) is 60.8 Å². The summed E-state index contributed by atoms with van der Waals surface area (Å²) >= 11 is 0. The van der Waals surface area contributed by atoms with Crippen LogP contribution in [0.25, 0.3) is 83.5 Å². The lowest BCUT2D eigenvalue weighted by Gasteiger charge is -2.22. The van der Waals surface area contributed by atoms with E-state index in [9.17, 15) is 0 Å². The van der Waals surface area contributed by atoms with Crippen LogP contribution in [0.1, 0.15) is 44.5 Å². The van der Waals surface area contributed by atoms with Crippen LogP contribution >= 0.6 is 0 Å². The number of fused-ring (bicyclic) bond motifs is 4. The summed E-state index contributed by atoms with van der Waals surface area (Å²) in [7, 11) is 0. The maximum atomic E-state index is 5.03. The molecule has 0 saturated heterocycles. The van der Waals surface area contributed by atoms with Gasteiger partial charge < -0.3 is 0 Å². The summed E-state index contributed by atoms with van der Waals surface area (Å²) in [5, 5.41) is 2.44. The molecule has 1 heterocycles. The van der Waals surface area contributed by atoms with Crippen LogP contribution < -0.4 is 0 Å². The molecule has 0 radical (unpaired) electrons. The highest BCUT2D eigenvalue weighted by Crippen LogP contribution is 2.49. The minimum atomic E-state index is -0.0248. The highest BCUT2D eigenvalue weighted by atomic mass is 14.9. The largest absolute Gasteiger partial charge is 0.228 e. The number of benzene rings is 7. The SMILES string of the molecule is C/C=C\C(=C/C)c1cc(-c2ccccc2)nc(-c2ccc(-c3cccc4cc(-c5cccc(-c6ccc7c(c6)C(C)(C)c6ccccc6-7)c5)ccc34)cc2)n1. The highest BCUT2D eigenvalue weighted by Gasteiger charge is 2.35. The Bertz CT molecular complexity index is 2780. The quantitative estimate of drug-likeness (QED) is 0.154. The molecule has 8 aromatic rings. The lowest BCUT2D eigenvalue weighted by Crippen LogP contribution is -2.14. The second-order valence-electron chi connectivity index (χ2n) is 14.9. The van der Waals surface area contributed by atoms with Gasteiger partial charge in [0.1, 0.15) is 0 Å². The Hall–Kier alpha value is -6.64. The monoisotopic (exact) mass is 706 g/mol. The lowest BCUT2D eigenvalue weighted by molar-refractivity contribution is 0.660. The summed E-state index contributed by atoms with van der Waals surface area (Å²) < 4.78 is 0. The van der Waals surface area contributed by atoms with Crippen molar-refractivity contribution in [3.05, 3.63) is 199 Å². The molecule has 264 valence electrons. The summed E-state index contributed by atoms with van der Waals surface area (Å²) in [5.74, 6) is 0.713. The van der Waals surface area contributed by atoms with Crippen molar-refractivity contribution in [3.8, 4) is 67.2 Å². The summed E-state index contributed by atoms with van der Waals surface area (Å²) in [6.45, 7) is 8.77. The fourth-order valence-electron chi connectivity index (χ4n) is 8.27. The molecule has 0 saturated carbocycles. The van der Waals surface area contributed by atoms with Crippen LogP contribution in [0, 0.1) is 0 Å². The van der Waals surface area contributed by atoms with E-state index in [2.05, 4.69) is 172 Å². The van der Waals surface area contributed by atoms with Gasteiger partial charge in [-0.15, -0.1) is 0 Å². The first kappa shape index (κ1) is 34.1. The number of hydrogen-bond donors (Lipinski definition) is 0. The molecular weight excluding hydrogens is 665 g/mol. The Balaban J connectivity index is 1.03. The molecule has 0 amide bonds. The zero-order valence-electron chi connectivity index (χ0n) is 31.7. The molecular formula is C53H42N2. The standard InChI is InChI=1S/C53H42N2/c1-5-14-35(6-2)50-34-51(37-15-8-7-9-16-37)55-52(54-50)38-25-23-36(24-26-38)44-21-13-19-43-32-41(27-29-45(43)44)39-17-12-18-40(31-39)42-28-30-47-46-20-10-11-22-48(46)53(3,4)49(47)33-42/h5-34H,1-4H3/b14-5-,35-6+. The maximum absolute atomic E-state index is 5.03. The van der Waals surface area contributed by atoms with Crippen LogP contribution in [0.5, 0.6) is 0 Å². The van der Waals surface area contributed by atoms with Gasteiger partial charge in [0.2, 0.25) is 0 Å². The molecule has 0 unspecified atom stereocenters. The molecule has 1 aliphatic carbocycles. The van der Waals surface area contributed by atoms with Crippen molar-refractivity contribution in [2.75, 3.05) is 0 Å². The fraction of sp³-hybridized carbons (Fsp3) is 0.0943. The summed E-state index contributed by atoms with van der Waals surface area (Å²) in [4.78, 5) is 10.1. The fourth-order valence-corrected chi connectivity index (χ4v) is 8.27. The third-order valence-corrected chi connectivity index (χ3v) is 11.2. The van der Waals surface area contributed by atoms with Crippen molar-refractivity contribution in [1.82, 2.24) is 9.97 Å². The van der Waals surface area contributed by atoms with Crippen LogP contribution in [0.3, 0.4) is 0 Å². The lowest BCUT2D eigenvalue weighted by atomic mass is 9.81. The van der Waals surface area contributed by atoms with E-state index in [-0.39, 0.29) is 5.41 Å². The molecule has 2 nitrogen and oxygen atoms in total. The average molecular weight is 707 g/mol. The molecule has 2 heteroatoms. The zero-order chi connectivity index (χ0) is 37.5. The minimum absolute atomic E-state index is 0.0248. The molecule has 0 bridgehead atoms. The van der Waals surface area contributed by atoms with E-state index in [0.717, 1.165) is 33.7 Å². The van der Waals surface area contributed by atoms with E-state index >= 15 is 0 Å². The number of aromatic nitrogens is 2. The van der Waals surface area contributed by atoms with Crippen molar-refractivity contribution >= 4 is 16.3 Å². The first-order valence-corrected chi connectivity index (χ1v) is 19.1. The first-order valence-electron chi connectivity index (χ1n) is 19.1. The number of allylic oxidation sites excluding steroid dienone is 4. The van der Waals surface area contributed by atoms with E-state index in [1.807, 2.05) is 38.1 Å². The third kappa shape index (κ3) is 6.20. The first-order chi connectivity index (χ1) is 26.9. The predicted molar refractivity (Wildman–Crippen MR) is 233 cm³/mol. The molecule has 7 aromatic carbocycles. The van der Waals surface area contributed by atoms with Crippen LogP contribution in [0.2, 0.25) is 0 Å². The molecule has 0 spiro atoms. The smallest absolute Gasteiger partial charge is 0.160 e. The molecule has 1 aliphatic rings. The van der Waals surface area contributed by atoms with Crippen molar-refractivity contribution in [1.29, 1.82) is 0 Å². The van der Waals surface area contributed by atoms with Gasteiger partial charge in [0.25, 0.3) is 0 Å². The van der Waals surface area contributed by atoms with Gasteiger partial charge in [0.05, 0.1) is 11.4 Å². The second kappa shape index (κ2) is 14.0. The van der Waals surface area contributed by atoms with Crippen LogP contribution in [0.15, 0.2) is 182 Å². The molecule has 0 N–H and O–H groups in total. The summed E-state index contributed by atoms with van der Waals surface area (Å²) in [5.41, 5.74) is 17.7. The van der Waals surface area contributed by atoms with Crippen molar-refractivity contribution in [2.24, 2.45) is 0 Å². The Kier molecular flexibility index (Phi) is 8.67. The molecule has 1 aromatic heterocycles. The van der Waals surface area contributed by atoms with E-state index in [1.54, 1.807) is 0 Å². The second-order valence-corrected chi connectivity index (χ2v) is 14.9. The Labute approximate surface area is 324 Å². The third-order valence-electron chi connectivity index (χ3n) is 11.2. The van der Waals surface area contributed by atoms with Gasteiger partial charge in [-0.3, -0.25) is 0 Å². The zero-order valence-corrected chi connectivity index (χ0v) is 31.7. The van der Waals surface area contributed by atoms with E-state index in [4.69, 9.17) is 9.97 Å². The van der Waals surface area contributed by atoms with Crippen molar-refractivity contribution < 1.29 is 0 Å². The molecule has 0 fully saturated rings. The predicted octanol–water partition coefficient (Wildman–Crippen LogP) is 14.3.